The van der Waals surface area contributed by atoms with E-state index in [9.17, 15) is 0 Å². The smallest absolute Gasteiger partial charge is 0.00734 e. The second-order valence-electron chi connectivity index (χ2n) is 7.78. The van der Waals surface area contributed by atoms with Crippen molar-refractivity contribution in [1.82, 2.24) is 0 Å². The summed E-state index contributed by atoms with van der Waals surface area (Å²) < 4.78 is 0. The highest BCUT2D eigenvalue weighted by Gasteiger charge is 2.20. The molecule has 0 amide bonds. The molecule has 0 radical (unpaired) electrons. The van der Waals surface area contributed by atoms with Crippen LogP contribution in [0.25, 0.3) is 5.57 Å². The quantitative estimate of drug-likeness (QED) is 0.526. The monoisotopic (exact) mass is 354 g/mol. The average Bonchev–Trinajstić information content (AvgIpc) is 3.13. The molecule has 0 fully saturated rings. The Balaban J connectivity index is 1.90. The first-order chi connectivity index (χ1) is 13.4. The minimum absolute atomic E-state index is 1.18. The van der Waals surface area contributed by atoms with Gasteiger partial charge in [-0.05, 0) is 84.8 Å². The van der Waals surface area contributed by atoms with Crippen LogP contribution in [-0.2, 0) is 0 Å². The van der Waals surface area contributed by atoms with E-state index in [1.54, 1.807) is 16.7 Å². The van der Waals surface area contributed by atoms with E-state index in [4.69, 9.17) is 0 Å². The summed E-state index contributed by atoms with van der Waals surface area (Å²) in [5.74, 6) is 0. The molecule has 2 aromatic rings. The van der Waals surface area contributed by atoms with E-state index in [0.717, 1.165) is 0 Å². The lowest BCUT2D eigenvalue weighted by molar-refractivity contribution is 0.712. The molecule has 0 heteroatoms. The van der Waals surface area contributed by atoms with Crippen molar-refractivity contribution in [2.45, 2.75) is 57.8 Å². The van der Waals surface area contributed by atoms with E-state index in [0.29, 0.717) is 0 Å². The van der Waals surface area contributed by atoms with Gasteiger partial charge in [-0.2, -0.15) is 0 Å². The van der Waals surface area contributed by atoms with Crippen molar-refractivity contribution in [2.24, 2.45) is 0 Å². The van der Waals surface area contributed by atoms with Crippen LogP contribution in [0.3, 0.4) is 0 Å². The van der Waals surface area contributed by atoms with Crippen molar-refractivity contribution in [3.63, 3.8) is 0 Å². The number of allylic oxidation sites excluding steroid dienone is 5. The van der Waals surface area contributed by atoms with Gasteiger partial charge >= 0.3 is 0 Å². The lowest BCUT2D eigenvalue weighted by atomic mass is 9.84. The van der Waals surface area contributed by atoms with Gasteiger partial charge in [-0.3, -0.25) is 0 Å². The Hall–Kier alpha value is -2.34. The second kappa shape index (κ2) is 9.04. The Kier molecular flexibility index (Phi) is 6.04. The maximum Gasteiger partial charge on any atom is -0.00734 e. The third kappa shape index (κ3) is 4.33. The van der Waals surface area contributed by atoms with Gasteiger partial charge in [0.1, 0.15) is 0 Å². The SMILES string of the molecule is C1=C(C2=CCCCCC2=C(c2ccccc2)c2ccccc2)CCCCC1. The molecule has 138 valence electrons. The molecule has 2 aliphatic carbocycles. The van der Waals surface area contributed by atoms with Gasteiger partial charge in [0.2, 0.25) is 0 Å². The molecule has 0 bridgehead atoms. The Morgan fingerprint density at radius 1 is 0.556 bits per heavy atom. The zero-order chi connectivity index (χ0) is 18.3. The molecule has 0 aromatic heterocycles. The van der Waals surface area contributed by atoms with E-state index in [2.05, 4.69) is 72.8 Å². The van der Waals surface area contributed by atoms with Crippen LogP contribution >= 0.6 is 0 Å². The highest BCUT2D eigenvalue weighted by molar-refractivity contribution is 5.85. The van der Waals surface area contributed by atoms with Crippen LogP contribution in [0.5, 0.6) is 0 Å². The van der Waals surface area contributed by atoms with Crippen molar-refractivity contribution >= 4 is 5.57 Å². The molecule has 27 heavy (non-hydrogen) atoms. The summed E-state index contributed by atoms with van der Waals surface area (Å²) in [4.78, 5) is 0. The molecule has 0 saturated carbocycles. The zero-order valence-corrected chi connectivity index (χ0v) is 16.3. The molecule has 0 aliphatic heterocycles. The Morgan fingerprint density at radius 2 is 1.15 bits per heavy atom. The fraction of sp³-hybridized carbons (Fsp3) is 0.333. The largest absolute Gasteiger partial charge is 0.0807 e. The van der Waals surface area contributed by atoms with E-state index >= 15 is 0 Å². The summed E-state index contributed by atoms with van der Waals surface area (Å²) in [7, 11) is 0. The predicted molar refractivity (Wildman–Crippen MR) is 117 cm³/mol. The number of benzene rings is 2. The van der Waals surface area contributed by atoms with Crippen LogP contribution in [0, 0.1) is 0 Å². The first-order valence-corrected chi connectivity index (χ1v) is 10.7. The van der Waals surface area contributed by atoms with Gasteiger partial charge in [-0.15, -0.1) is 0 Å². The number of hydrogen-bond acceptors (Lipinski definition) is 0. The number of rotatable bonds is 3. The van der Waals surface area contributed by atoms with Gasteiger partial charge < -0.3 is 0 Å². The average molecular weight is 355 g/mol. The van der Waals surface area contributed by atoms with Crippen molar-refractivity contribution in [2.75, 3.05) is 0 Å². The molecule has 0 atom stereocenters. The van der Waals surface area contributed by atoms with Crippen molar-refractivity contribution in [1.29, 1.82) is 0 Å². The molecule has 4 rings (SSSR count). The highest BCUT2D eigenvalue weighted by Crippen LogP contribution is 2.39. The van der Waals surface area contributed by atoms with Crippen molar-refractivity contribution < 1.29 is 0 Å². The van der Waals surface area contributed by atoms with Crippen LogP contribution < -0.4 is 0 Å². The third-order valence-corrected chi connectivity index (χ3v) is 5.87. The molecule has 2 aromatic carbocycles. The maximum atomic E-state index is 2.55. The third-order valence-electron chi connectivity index (χ3n) is 5.87. The lowest BCUT2D eigenvalue weighted by Gasteiger charge is -2.20. The molecule has 0 unspecified atom stereocenters. The fourth-order valence-electron chi connectivity index (χ4n) is 4.52. The molecular weight excluding hydrogens is 324 g/mol. The second-order valence-corrected chi connectivity index (χ2v) is 7.78. The minimum atomic E-state index is 1.18. The topological polar surface area (TPSA) is 0 Å². The van der Waals surface area contributed by atoms with Crippen LogP contribution in [0.15, 0.2) is 89.5 Å². The van der Waals surface area contributed by atoms with Gasteiger partial charge in [0.05, 0.1) is 0 Å². The van der Waals surface area contributed by atoms with E-state index < -0.39 is 0 Å². The van der Waals surface area contributed by atoms with Gasteiger partial charge in [-0.25, -0.2) is 0 Å². The fourth-order valence-corrected chi connectivity index (χ4v) is 4.52. The molecule has 0 saturated heterocycles. The first kappa shape index (κ1) is 18.0. The molecule has 0 spiro atoms. The molecular formula is C27H30. The zero-order valence-electron chi connectivity index (χ0n) is 16.3. The summed E-state index contributed by atoms with van der Waals surface area (Å²) in [6.07, 6.45) is 16.6. The summed E-state index contributed by atoms with van der Waals surface area (Å²) in [5.41, 5.74) is 8.86. The maximum absolute atomic E-state index is 2.55. The predicted octanol–water partition coefficient (Wildman–Crippen LogP) is 7.88. The Morgan fingerprint density at radius 3 is 1.85 bits per heavy atom. The first-order valence-electron chi connectivity index (χ1n) is 10.7. The van der Waals surface area contributed by atoms with E-state index in [-0.39, 0.29) is 0 Å². The summed E-state index contributed by atoms with van der Waals surface area (Å²) >= 11 is 0. The standard InChI is InChI=1S/C27H30/c1-2-7-15-22(14-6-1)25-20-12-5-13-21-26(25)27(23-16-8-3-9-17-23)24-18-10-4-11-19-24/h3-4,8-11,14,16-20H,1-2,5-7,12-13,15,21H2. The molecule has 0 nitrogen and oxygen atoms in total. The summed E-state index contributed by atoms with van der Waals surface area (Å²) in [5, 5.41) is 0. The Labute approximate surface area is 164 Å². The summed E-state index contributed by atoms with van der Waals surface area (Å²) in [6.45, 7) is 0. The van der Waals surface area contributed by atoms with Crippen LogP contribution in [-0.4, -0.2) is 0 Å². The molecule has 0 heterocycles. The Bertz CT molecular complexity index is 793. The van der Waals surface area contributed by atoms with Crippen LogP contribution in [0.2, 0.25) is 0 Å². The number of hydrogen-bond donors (Lipinski definition) is 0. The van der Waals surface area contributed by atoms with Crippen molar-refractivity contribution in [3.05, 3.63) is 101 Å². The van der Waals surface area contributed by atoms with Crippen LogP contribution in [0.4, 0.5) is 0 Å². The summed E-state index contributed by atoms with van der Waals surface area (Å²) in [6, 6.07) is 22.0. The lowest BCUT2D eigenvalue weighted by Crippen LogP contribution is -2.01. The molecule has 0 N–H and O–H groups in total. The van der Waals surface area contributed by atoms with Gasteiger partial charge in [0.25, 0.3) is 0 Å². The highest BCUT2D eigenvalue weighted by atomic mass is 14.2. The van der Waals surface area contributed by atoms with Gasteiger partial charge in [0, 0.05) is 0 Å². The van der Waals surface area contributed by atoms with E-state index in [1.165, 1.54) is 74.5 Å². The van der Waals surface area contributed by atoms with Crippen LogP contribution in [0.1, 0.15) is 68.9 Å². The molecule has 2 aliphatic rings. The van der Waals surface area contributed by atoms with Crippen molar-refractivity contribution in [3.8, 4) is 0 Å². The van der Waals surface area contributed by atoms with Gasteiger partial charge in [-0.1, -0.05) is 79.2 Å². The minimum Gasteiger partial charge on any atom is -0.0807 e. The normalized spacial score (nSPS) is 18.1. The van der Waals surface area contributed by atoms with E-state index in [1.807, 2.05) is 0 Å². The van der Waals surface area contributed by atoms with Gasteiger partial charge in [0.15, 0.2) is 0 Å².